The summed E-state index contributed by atoms with van der Waals surface area (Å²) in [6.45, 7) is 4.78. The Morgan fingerprint density at radius 3 is 2.64 bits per heavy atom. The Hall–Kier alpha value is -2.26. The number of nitrogens with zero attached hydrogens (tertiary/aromatic N) is 5. The van der Waals surface area contributed by atoms with Gasteiger partial charge in [-0.2, -0.15) is 0 Å². The molecule has 2 fully saturated rings. The summed E-state index contributed by atoms with van der Waals surface area (Å²) < 4.78 is 2.62. The molecule has 148 valence electrons. The number of amides is 2. The lowest BCUT2D eigenvalue weighted by Crippen LogP contribution is -2.51. The Labute approximate surface area is 172 Å². The third-order valence-electron chi connectivity index (χ3n) is 5.12. The molecule has 1 saturated heterocycles. The normalized spacial score (nSPS) is 17.6. The predicted molar refractivity (Wildman–Crippen MR) is 107 cm³/mol. The molecule has 1 saturated carbocycles. The van der Waals surface area contributed by atoms with E-state index in [9.17, 15) is 9.59 Å². The second-order valence-corrected chi connectivity index (χ2v) is 8.24. The number of hydrogen-bond donors (Lipinski definition) is 1. The first-order valence-electron chi connectivity index (χ1n) is 9.50. The number of carbonyl (C=O) groups excluding carboxylic acids is 2. The highest BCUT2D eigenvalue weighted by Gasteiger charge is 2.28. The average molecular weight is 447 g/mol. The third kappa shape index (κ3) is 4.25. The fourth-order valence-electron chi connectivity index (χ4n) is 3.34. The van der Waals surface area contributed by atoms with Gasteiger partial charge in [0.2, 0.25) is 5.91 Å². The van der Waals surface area contributed by atoms with E-state index in [2.05, 4.69) is 36.5 Å². The summed E-state index contributed by atoms with van der Waals surface area (Å²) in [5, 5.41) is 11.3. The van der Waals surface area contributed by atoms with E-state index in [4.69, 9.17) is 0 Å². The van der Waals surface area contributed by atoms with Crippen molar-refractivity contribution in [3.05, 3.63) is 40.1 Å². The minimum atomic E-state index is -0.110. The van der Waals surface area contributed by atoms with E-state index in [1.54, 1.807) is 9.58 Å². The Morgan fingerprint density at radius 1 is 1.21 bits per heavy atom. The molecule has 0 spiro atoms. The minimum absolute atomic E-state index is 0.0788. The van der Waals surface area contributed by atoms with Crippen molar-refractivity contribution in [2.75, 3.05) is 32.7 Å². The molecule has 2 aromatic rings. The number of hydrogen-bond acceptors (Lipinski definition) is 5. The molecule has 4 rings (SSSR count). The molecule has 0 atom stereocenters. The van der Waals surface area contributed by atoms with Gasteiger partial charge in [-0.3, -0.25) is 14.5 Å². The molecule has 2 heterocycles. The van der Waals surface area contributed by atoms with Crippen LogP contribution < -0.4 is 5.32 Å². The van der Waals surface area contributed by atoms with Gasteiger partial charge in [0.1, 0.15) is 0 Å². The Bertz CT molecular complexity index is 886. The molecular weight excluding hydrogens is 424 g/mol. The van der Waals surface area contributed by atoms with Crippen molar-refractivity contribution in [3.8, 4) is 5.69 Å². The van der Waals surface area contributed by atoms with Crippen LogP contribution in [0.15, 0.2) is 28.7 Å². The Morgan fingerprint density at radius 2 is 1.96 bits per heavy atom. The van der Waals surface area contributed by atoms with Crippen molar-refractivity contribution in [2.45, 2.75) is 25.8 Å². The zero-order valence-electron chi connectivity index (χ0n) is 15.8. The fraction of sp³-hybridized carbons (Fsp3) is 0.474. The van der Waals surface area contributed by atoms with Crippen LogP contribution in [0.3, 0.4) is 0 Å². The summed E-state index contributed by atoms with van der Waals surface area (Å²) in [5.41, 5.74) is 1.94. The molecule has 0 unspecified atom stereocenters. The summed E-state index contributed by atoms with van der Waals surface area (Å²) in [5.74, 6) is -0.0316. The quantitative estimate of drug-likeness (QED) is 0.749. The lowest BCUT2D eigenvalue weighted by Gasteiger charge is -2.34. The van der Waals surface area contributed by atoms with E-state index in [1.165, 1.54) is 0 Å². The first-order chi connectivity index (χ1) is 13.5. The molecule has 0 bridgehead atoms. The van der Waals surface area contributed by atoms with Crippen molar-refractivity contribution in [1.82, 2.24) is 30.1 Å². The van der Waals surface area contributed by atoms with Crippen molar-refractivity contribution in [2.24, 2.45) is 0 Å². The molecule has 8 nitrogen and oxygen atoms in total. The number of halogens is 1. The summed E-state index contributed by atoms with van der Waals surface area (Å²) in [6.07, 6.45) is 2.18. The molecule has 1 N–H and O–H groups in total. The monoisotopic (exact) mass is 446 g/mol. The smallest absolute Gasteiger partial charge is 0.276 e. The number of carbonyl (C=O) groups is 2. The second kappa shape index (κ2) is 8.00. The summed E-state index contributed by atoms with van der Waals surface area (Å²) >= 11 is 3.45. The lowest BCUT2D eigenvalue weighted by molar-refractivity contribution is -0.122. The highest BCUT2D eigenvalue weighted by atomic mass is 79.9. The van der Waals surface area contributed by atoms with Crippen LogP contribution in [0.25, 0.3) is 5.69 Å². The van der Waals surface area contributed by atoms with Gasteiger partial charge in [-0.1, -0.05) is 27.2 Å². The summed E-state index contributed by atoms with van der Waals surface area (Å²) in [4.78, 5) is 28.7. The highest BCUT2D eigenvalue weighted by Crippen LogP contribution is 2.19. The third-order valence-corrected chi connectivity index (χ3v) is 5.61. The van der Waals surface area contributed by atoms with Gasteiger partial charge in [0.15, 0.2) is 5.69 Å². The first-order valence-corrected chi connectivity index (χ1v) is 10.3. The van der Waals surface area contributed by atoms with Crippen LogP contribution in [0.2, 0.25) is 0 Å². The van der Waals surface area contributed by atoms with E-state index in [0.29, 0.717) is 50.2 Å². The number of rotatable bonds is 5. The number of nitrogens with one attached hydrogen (secondary N) is 1. The van der Waals surface area contributed by atoms with Gasteiger partial charge in [0.25, 0.3) is 5.91 Å². The topological polar surface area (TPSA) is 83.4 Å². The average Bonchev–Trinajstić information content (AvgIpc) is 3.40. The van der Waals surface area contributed by atoms with Crippen LogP contribution in [-0.2, 0) is 4.79 Å². The van der Waals surface area contributed by atoms with Crippen LogP contribution in [-0.4, -0.2) is 75.4 Å². The van der Waals surface area contributed by atoms with Crippen molar-refractivity contribution >= 4 is 27.7 Å². The fourth-order valence-corrected chi connectivity index (χ4v) is 3.73. The van der Waals surface area contributed by atoms with Gasteiger partial charge >= 0.3 is 0 Å². The minimum Gasteiger partial charge on any atom is -0.352 e. The van der Waals surface area contributed by atoms with E-state index in [1.807, 2.05) is 31.2 Å². The molecule has 1 aliphatic heterocycles. The molecule has 0 radical (unpaired) electrons. The highest BCUT2D eigenvalue weighted by molar-refractivity contribution is 9.10. The standard InChI is InChI=1S/C19H23BrN6O2/c1-13-18(22-23-26(13)16-4-2-3-14(20)11-16)19(28)25-9-7-24(8-10-25)12-17(27)21-15-5-6-15/h2-4,11,15H,5-10,12H2,1H3,(H,21,27). The molecule has 2 aliphatic rings. The van der Waals surface area contributed by atoms with E-state index in [0.717, 1.165) is 23.0 Å². The SMILES string of the molecule is Cc1c(C(=O)N2CCN(CC(=O)NC3CC3)CC2)nnn1-c1cccc(Br)c1. The van der Waals surface area contributed by atoms with Crippen LogP contribution >= 0.6 is 15.9 Å². The van der Waals surface area contributed by atoms with Crippen LogP contribution in [0.5, 0.6) is 0 Å². The lowest BCUT2D eigenvalue weighted by atomic mass is 10.2. The molecule has 1 aliphatic carbocycles. The first kappa shape index (κ1) is 19.1. The van der Waals surface area contributed by atoms with E-state index < -0.39 is 0 Å². The van der Waals surface area contributed by atoms with Gasteiger partial charge in [0.05, 0.1) is 17.9 Å². The Kier molecular flexibility index (Phi) is 5.45. The largest absolute Gasteiger partial charge is 0.352 e. The van der Waals surface area contributed by atoms with Gasteiger partial charge in [0, 0.05) is 36.7 Å². The maximum absolute atomic E-state index is 12.9. The van der Waals surface area contributed by atoms with Crippen molar-refractivity contribution < 1.29 is 9.59 Å². The van der Waals surface area contributed by atoms with Crippen LogP contribution in [0, 0.1) is 6.92 Å². The maximum atomic E-state index is 12.9. The van der Waals surface area contributed by atoms with Crippen molar-refractivity contribution in [3.63, 3.8) is 0 Å². The zero-order chi connectivity index (χ0) is 19.7. The molecule has 9 heteroatoms. The van der Waals surface area contributed by atoms with Gasteiger partial charge < -0.3 is 10.2 Å². The second-order valence-electron chi connectivity index (χ2n) is 7.33. The molecule has 1 aromatic carbocycles. The number of piperazine rings is 1. The van der Waals surface area contributed by atoms with Gasteiger partial charge in [-0.25, -0.2) is 4.68 Å². The van der Waals surface area contributed by atoms with Gasteiger partial charge in [-0.05, 0) is 38.0 Å². The predicted octanol–water partition coefficient (Wildman–Crippen LogP) is 1.37. The zero-order valence-corrected chi connectivity index (χ0v) is 17.4. The Balaban J connectivity index is 1.37. The maximum Gasteiger partial charge on any atom is 0.276 e. The van der Waals surface area contributed by atoms with Gasteiger partial charge in [-0.15, -0.1) is 5.10 Å². The molecule has 2 amide bonds. The summed E-state index contributed by atoms with van der Waals surface area (Å²) in [6, 6.07) is 8.09. The van der Waals surface area contributed by atoms with E-state index in [-0.39, 0.29) is 11.8 Å². The van der Waals surface area contributed by atoms with E-state index >= 15 is 0 Å². The number of benzene rings is 1. The van der Waals surface area contributed by atoms with Crippen molar-refractivity contribution in [1.29, 1.82) is 0 Å². The van der Waals surface area contributed by atoms with Crippen LogP contribution in [0.1, 0.15) is 29.0 Å². The summed E-state index contributed by atoms with van der Waals surface area (Å²) in [7, 11) is 0. The van der Waals surface area contributed by atoms with Crippen LogP contribution in [0.4, 0.5) is 0 Å². The molecule has 1 aromatic heterocycles. The molecule has 28 heavy (non-hydrogen) atoms. The molecular formula is C19H23BrN6O2. The number of aromatic nitrogens is 3.